The van der Waals surface area contributed by atoms with E-state index in [2.05, 4.69) is 28.1 Å². The molecule has 2 rings (SSSR count). The van der Waals surface area contributed by atoms with Crippen LogP contribution in [-0.4, -0.2) is 10.4 Å². The third-order valence-electron chi connectivity index (χ3n) is 2.63. The molecule has 0 N–H and O–H groups in total. The summed E-state index contributed by atoms with van der Waals surface area (Å²) < 4.78 is 2.84. The van der Waals surface area contributed by atoms with Crippen molar-refractivity contribution in [1.29, 1.82) is 0 Å². The van der Waals surface area contributed by atoms with Gasteiger partial charge in [0.1, 0.15) is 0 Å². The summed E-state index contributed by atoms with van der Waals surface area (Å²) in [7, 11) is 1.92. The first-order chi connectivity index (χ1) is 7.02. The molecule has 0 spiro atoms. The van der Waals surface area contributed by atoms with E-state index >= 15 is 0 Å². The Hall–Kier alpha value is -1.09. The maximum atomic E-state index is 11.5. The highest BCUT2D eigenvalue weighted by atomic mass is 79.9. The second-order valence-corrected chi connectivity index (χ2v) is 4.59. The molecular weight excluding hydrogens is 254 g/mol. The van der Waals surface area contributed by atoms with E-state index in [9.17, 15) is 4.79 Å². The van der Waals surface area contributed by atoms with Gasteiger partial charge in [0.25, 0.3) is 0 Å². The molecule has 1 heterocycles. The van der Waals surface area contributed by atoms with Gasteiger partial charge in [-0.1, -0.05) is 12.1 Å². The van der Waals surface area contributed by atoms with Crippen LogP contribution in [-0.2, 0) is 7.05 Å². The molecule has 0 radical (unpaired) electrons. The Bertz CT molecular complexity index is 554. The van der Waals surface area contributed by atoms with Gasteiger partial charge in [-0.2, -0.15) is 0 Å². The van der Waals surface area contributed by atoms with E-state index in [1.807, 2.05) is 24.6 Å². The van der Waals surface area contributed by atoms with Crippen LogP contribution in [0, 0.1) is 6.92 Å². The number of aryl methyl sites for hydroxylation is 2. The lowest BCUT2D eigenvalue weighted by Gasteiger charge is -2.00. The largest absolute Gasteiger partial charge is 0.340 e. The third-order valence-corrected chi connectivity index (χ3v) is 3.43. The Kier molecular flexibility index (Phi) is 2.43. The molecule has 0 atom stereocenters. The molecular formula is C12H12BrNO. The monoisotopic (exact) mass is 265 g/mol. The van der Waals surface area contributed by atoms with Crippen LogP contribution in [0.1, 0.15) is 23.0 Å². The molecule has 0 amide bonds. The number of carbonyl (C=O) groups excluding carboxylic acids is 1. The average Bonchev–Trinajstić information content (AvgIpc) is 2.39. The van der Waals surface area contributed by atoms with Crippen LogP contribution >= 0.6 is 15.9 Å². The van der Waals surface area contributed by atoms with Gasteiger partial charge in [0.2, 0.25) is 0 Å². The van der Waals surface area contributed by atoms with Crippen LogP contribution < -0.4 is 0 Å². The lowest BCUT2D eigenvalue weighted by molar-refractivity contribution is 0.101. The first-order valence-corrected chi connectivity index (χ1v) is 5.57. The van der Waals surface area contributed by atoms with Gasteiger partial charge in [0, 0.05) is 24.9 Å². The van der Waals surface area contributed by atoms with Crippen molar-refractivity contribution in [3.8, 4) is 0 Å². The molecule has 15 heavy (non-hydrogen) atoms. The number of aromatic nitrogens is 1. The van der Waals surface area contributed by atoms with Gasteiger partial charge in [0.15, 0.2) is 5.78 Å². The van der Waals surface area contributed by atoms with Gasteiger partial charge in [-0.25, -0.2) is 0 Å². The SMILES string of the molecule is CC(=O)c1c(Br)c2ccc(C)cc2n1C. The van der Waals surface area contributed by atoms with Crippen LogP contribution in [0.3, 0.4) is 0 Å². The van der Waals surface area contributed by atoms with E-state index in [0.717, 1.165) is 21.1 Å². The summed E-state index contributed by atoms with van der Waals surface area (Å²) in [6.07, 6.45) is 0. The summed E-state index contributed by atoms with van der Waals surface area (Å²) in [6, 6.07) is 6.19. The van der Waals surface area contributed by atoms with E-state index in [-0.39, 0.29) is 5.78 Å². The molecule has 0 fully saturated rings. The van der Waals surface area contributed by atoms with E-state index < -0.39 is 0 Å². The fourth-order valence-electron chi connectivity index (χ4n) is 1.89. The summed E-state index contributed by atoms with van der Waals surface area (Å²) >= 11 is 3.49. The molecule has 1 aromatic carbocycles. The average molecular weight is 266 g/mol. The van der Waals surface area contributed by atoms with Crippen molar-refractivity contribution in [2.24, 2.45) is 7.05 Å². The Morgan fingerprint density at radius 3 is 2.67 bits per heavy atom. The number of carbonyl (C=O) groups is 1. The highest BCUT2D eigenvalue weighted by Gasteiger charge is 2.15. The first kappa shape index (κ1) is 10.4. The molecule has 0 aliphatic heterocycles. The van der Waals surface area contributed by atoms with Crippen LogP contribution in [0.2, 0.25) is 0 Å². The Labute approximate surface area is 97.0 Å². The molecule has 1 aromatic heterocycles. The zero-order valence-electron chi connectivity index (χ0n) is 8.97. The van der Waals surface area contributed by atoms with Gasteiger partial charge >= 0.3 is 0 Å². The Balaban J connectivity index is 2.91. The van der Waals surface area contributed by atoms with E-state index in [1.54, 1.807) is 6.92 Å². The number of hydrogen-bond donors (Lipinski definition) is 0. The summed E-state index contributed by atoms with van der Waals surface area (Å²) in [6.45, 7) is 3.64. The minimum Gasteiger partial charge on any atom is -0.340 e. The molecule has 0 aliphatic carbocycles. The molecule has 0 saturated carbocycles. The smallest absolute Gasteiger partial charge is 0.177 e. The summed E-state index contributed by atoms with van der Waals surface area (Å²) in [5, 5.41) is 1.09. The number of Topliss-reactive ketones (excluding diaryl/α,β-unsaturated/α-hetero) is 1. The Morgan fingerprint density at radius 1 is 1.40 bits per heavy atom. The van der Waals surface area contributed by atoms with E-state index in [0.29, 0.717) is 0 Å². The van der Waals surface area contributed by atoms with Crippen molar-refractivity contribution in [3.05, 3.63) is 33.9 Å². The van der Waals surface area contributed by atoms with Gasteiger partial charge < -0.3 is 4.57 Å². The van der Waals surface area contributed by atoms with Gasteiger partial charge in [-0.15, -0.1) is 0 Å². The lowest BCUT2D eigenvalue weighted by Crippen LogP contribution is -2.01. The van der Waals surface area contributed by atoms with Crippen LogP contribution in [0.4, 0.5) is 0 Å². The van der Waals surface area contributed by atoms with Gasteiger partial charge in [-0.3, -0.25) is 4.79 Å². The standard InChI is InChI=1S/C12H12BrNO/c1-7-4-5-9-10(6-7)14(3)12(8(2)15)11(9)13/h4-6H,1-3H3. The molecule has 0 bridgehead atoms. The second-order valence-electron chi connectivity index (χ2n) is 3.80. The first-order valence-electron chi connectivity index (χ1n) is 4.78. The van der Waals surface area contributed by atoms with E-state index in [4.69, 9.17) is 0 Å². The van der Waals surface area contributed by atoms with Gasteiger partial charge in [0.05, 0.1) is 10.2 Å². The van der Waals surface area contributed by atoms with Crippen molar-refractivity contribution in [2.45, 2.75) is 13.8 Å². The number of ketones is 1. The number of halogens is 1. The number of rotatable bonds is 1. The van der Waals surface area contributed by atoms with Crippen molar-refractivity contribution < 1.29 is 4.79 Å². The fourth-order valence-corrected chi connectivity index (χ4v) is 2.77. The minimum absolute atomic E-state index is 0.0817. The van der Waals surface area contributed by atoms with Crippen LogP contribution in [0.25, 0.3) is 10.9 Å². The highest BCUT2D eigenvalue weighted by molar-refractivity contribution is 9.10. The van der Waals surface area contributed by atoms with Gasteiger partial charge in [-0.05, 0) is 34.5 Å². The zero-order valence-corrected chi connectivity index (χ0v) is 10.6. The number of hydrogen-bond acceptors (Lipinski definition) is 1. The van der Waals surface area contributed by atoms with Crippen LogP contribution in [0.15, 0.2) is 22.7 Å². The molecule has 2 nitrogen and oxygen atoms in total. The maximum absolute atomic E-state index is 11.5. The quantitative estimate of drug-likeness (QED) is 0.724. The molecule has 0 aliphatic rings. The van der Waals surface area contributed by atoms with Crippen molar-refractivity contribution in [3.63, 3.8) is 0 Å². The zero-order chi connectivity index (χ0) is 11.2. The topological polar surface area (TPSA) is 22.0 Å². The maximum Gasteiger partial charge on any atom is 0.177 e. The molecule has 78 valence electrons. The Morgan fingerprint density at radius 2 is 2.07 bits per heavy atom. The highest BCUT2D eigenvalue weighted by Crippen LogP contribution is 2.31. The number of nitrogens with zero attached hydrogens (tertiary/aromatic N) is 1. The van der Waals surface area contributed by atoms with Crippen molar-refractivity contribution in [2.75, 3.05) is 0 Å². The molecule has 2 aromatic rings. The van der Waals surface area contributed by atoms with Crippen LogP contribution in [0.5, 0.6) is 0 Å². The van der Waals surface area contributed by atoms with Crippen molar-refractivity contribution >= 4 is 32.6 Å². The minimum atomic E-state index is 0.0817. The second kappa shape index (κ2) is 3.49. The summed E-state index contributed by atoms with van der Waals surface area (Å²) in [5.74, 6) is 0.0817. The lowest BCUT2D eigenvalue weighted by atomic mass is 10.2. The predicted molar refractivity (Wildman–Crippen MR) is 65.4 cm³/mol. The number of benzene rings is 1. The van der Waals surface area contributed by atoms with Crippen molar-refractivity contribution in [1.82, 2.24) is 4.57 Å². The summed E-state index contributed by atoms with van der Waals surface area (Å²) in [4.78, 5) is 11.5. The predicted octanol–water partition coefficient (Wildman–Crippen LogP) is 3.45. The van der Waals surface area contributed by atoms with E-state index in [1.165, 1.54) is 5.56 Å². The molecule has 0 saturated heterocycles. The molecule has 0 unspecified atom stereocenters. The third kappa shape index (κ3) is 1.51. The normalized spacial score (nSPS) is 10.9. The summed E-state index contributed by atoms with van der Waals surface area (Å²) in [5.41, 5.74) is 3.02. The fraction of sp³-hybridized carbons (Fsp3) is 0.250. The number of fused-ring (bicyclic) bond motifs is 1. The molecule has 3 heteroatoms.